The maximum Gasteiger partial charge on any atom is 0.306 e. The van der Waals surface area contributed by atoms with E-state index in [1.54, 1.807) is 11.8 Å². The van der Waals surface area contributed by atoms with Crippen LogP contribution in [0, 0.1) is 22.0 Å². The van der Waals surface area contributed by atoms with Gasteiger partial charge in [-0.1, -0.05) is 6.92 Å². The number of carbonyl (C=O) groups is 1. The smallest absolute Gasteiger partial charge is 0.306 e. The Kier molecular flexibility index (Phi) is 3.09. The van der Waals surface area contributed by atoms with Crippen molar-refractivity contribution in [1.29, 1.82) is 0 Å². The number of aliphatic carboxylic acids is 1. The van der Waals surface area contributed by atoms with Gasteiger partial charge in [-0.2, -0.15) is 0 Å². The lowest BCUT2D eigenvalue weighted by atomic mass is 9.87. The fourth-order valence-electron chi connectivity index (χ4n) is 1.77. The van der Waals surface area contributed by atoms with E-state index < -0.39 is 16.8 Å². The maximum absolute atomic E-state index is 10.8. The second kappa shape index (κ2) is 4.55. The molecule has 1 aromatic rings. The van der Waals surface area contributed by atoms with Gasteiger partial charge in [0.25, 0.3) is 0 Å². The Balaban J connectivity index is 1.96. The lowest BCUT2D eigenvalue weighted by Gasteiger charge is -2.41. The summed E-state index contributed by atoms with van der Waals surface area (Å²) in [7, 11) is 0. The van der Waals surface area contributed by atoms with Crippen molar-refractivity contribution in [3.63, 3.8) is 0 Å². The first-order chi connectivity index (χ1) is 8.49. The number of aromatic nitrogens is 2. The Morgan fingerprint density at radius 3 is 2.56 bits per heavy atom. The second-order valence-electron chi connectivity index (χ2n) is 4.29. The third kappa shape index (κ3) is 2.22. The number of anilines is 1. The Bertz CT molecular complexity index is 469. The Morgan fingerprint density at radius 2 is 2.11 bits per heavy atom. The molecule has 2 rings (SSSR count). The van der Waals surface area contributed by atoms with Crippen LogP contribution in [-0.2, 0) is 4.79 Å². The van der Waals surface area contributed by atoms with Gasteiger partial charge in [0.1, 0.15) is 12.4 Å². The van der Waals surface area contributed by atoms with Crippen LogP contribution in [0.4, 0.5) is 11.6 Å². The molecule has 1 atom stereocenters. The number of nitro groups is 1. The fourth-order valence-corrected chi connectivity index (χ4v) is 1.77. The predicted octanol–water partition coefficient (Wildman–Crippen LogP) is 0.542. The summed E-state index contributed by atoms with van der Waals surface area (Å²) in [5, 5.41) is 19.3. The standard InChI is InChI=1S/C10H12N4O4/c1-6(9(15)16)7-4-13(5-7)10-11-2-8(3-12-10)14(17)18/h2-3,6-7H,4-5H2,1H3,(H,15,16). The summed E-state index contributed by atoms with van der Waals surface area (Å²) in [6.07, 6.45) is 2.30. The molecule has 8 nitrogen and oxygen atoms in total. The molecule has 0 radical (unpaired) electrons. The monoisotopic (exact) mass is 252 g/mol. The number of hydrogen-bond donors (Lipinski definition) is 1. The van der Waals surface area contributed by atoms with Crippen LogP contribution in [0.15, 0.2) is 12.4 Å². The summed E-state index contributed by atoms with van der Waals surface area (Å²) in [5.74, 6) is -0.751. The third-order valence-electron chi connectivity index (χ3n) is 3.12. The van der Waals surface area contributed by atoms with E-state index in [4.69, 9.17) is 5.11 Å². The molecule has 0 aromatic carbocycles. The van der Waals surface area contributed by atoms with Crippen molar-refractivity contribution < 1.29 is 14.8 Å². The molecule has 96 valence electrons. The summed E-state index contributed by atoms with van der Waals surface area (Å²) in [4.78, 5) is 30.2. The molecule has 1 aliphatic heterocycles. The van der Waals surface area contributed by atoms with Crippen LogP contribution in [0.1, 0.15) is 6.92 Å². The van der Waals surface area contributed by atoms with E-state index in [1.807, 2.05) is 0 Å². The van der Waals surface area contributed by atoms with Gasteiger partial charge in [-0.25, -0.2) is 9.97 Å². The summed E-state index contributed by atoms with van der Waals surface area (Å²) in [5.41, 5.74) is -0.158. The van der Waals surface area contributed by atoms with Gasteiger partial charge in [-0.15, -0.1) is 0 Å². The van der Waals surface area contributed by atoms with Crippen LogP contribution in [0.3, 0.4) is 0 Å². The molecule has 1 unspecified atom stereocenters. The van der Waals surface area contributed by atoms with Crippen molar-refractivity contribution in [2.75, 3.05) is 18.0 Å². The Morgan fingerprint density at radius 1 is 1.56 bits per heavy atom. The van der Waals surface area contributed by atoms with Crippen LogP contribution in [-0.4, -0.2) is 39.1 Å². The minimum atomic E-state index is -0.815. The van der Waals surface area contributed by atoms with Crippen molar-refractivity contribution >= 4 is 17.6 Å². The molecule has 1 fully saturated rings. The van der Waals surface area contributed by atoms with E-state index in [9.17, 15) is 14.9 Å². The average molecular weight is 252 g/mol. The first-order valence-corrected chi connectivity index (χ1v) is 5.43. The van der Waals surface area contributed by atoms with Crippen LogP contribution >= 0.6 is 0 Å². The second-order valence-corrected chi connectivity index (χ2v) is 4.29. The van der Waals surface area contributed by atoms with E-state index in [0.717, 1.165) is 12.4 Å². The minimum Gasteiger partial charge on any atom is -0.481 e. The SMILES string of the molecule is CC(C(=O)O)C1CN(c2ncc([N+](=O)[O-])cn2)C1. The molecule has 0 amide bonds. The van der Waals surface area contributed by atoms with Crippen molar-refractivity contribution in [2.45, 2.75) is 6.92 Å². The van der Waals surface area contributed by atoms with Crippen LogP contribution < -0.4 is 4.90 Å². The molecular weight excluding hydrogens is 240 g/mol. The molecule has 0 aliphatic carbocycles. The highest BCUT2D eigenvalue weighted by atomic mass is 16.6. The van der Waals surface area contributed by atoms with Crippen molar-refractivity contribution in [3.8, 4) is 0 Å². The van der Waals surface area contributed by atoms with Gasteiger partial charge in [0.2, 0.25) is 5.95 Å². The van der Waals surface area contributed by atoms with E-state index in [2.05, 4.69) is 9.97 Å². The van der Waals surface area contributed by atoms with Gasteiger partial charge >= 0.3 is 11.7 Å². The third-order valence-corrected chi connectivity index (χ3v) is 3.12. The number of nitrogens with zero attached hydrogens (tertiary/aromatic N) is 4. The molecule has 1 aliphatic rings. The van der Waals surface area contributed by atoms with E-state index in [1.165, 1.54) is 0 Å². The first-order valence-electron chi connectivity index (χ1n) is 5.43. The summed E-state index contributed by atoms with van der Waals surface area (Å²) < 4.78 is 0. The molecule has 18 heavy (non-hydrogen) atoms. The largest absolute Gasteiger partial charge is 0.481 e. The zero-order chi connectivity index (χ0) is 13.3. The van der Waals surface area contributed by atoms with Gasteiger partial charge in [-0.3, -0.25) is 14.9 Å². The van der Waals surface area contributed by atoms with Crippen molar-refractivity contribution in [2.24, 2.45) is 11.8 Å². The average Bonchev–Trinajstić information content (AvgIpc) is 2.27. The lowest BCUT2D eigenvalue weighted by molar-refractivity contribution is -0.385. The molecule has 1 N–H and O–H groups in total. The maximum atomic E-state index is 10.8. The molecular formula is C10H12N4O4. The lowest BCUT2D eigenvalue weighted by Crippen LogP contribution is -2.51. The number of rotatable bonds is 4. The van der Waals surface area contributed by atoms with Gasteiger partial charge in [0, 0.05) is 19.0 Å². The molecule has 1 aromatic heterocycles. The first kappa shape index (κ1) is 12.2. The van der Waals surface area contributed by atoms with Gasteiger partial charge in [0.05, 0.1) is 10.8 Å². The molecule has 1 saturated heterocycles. The van der Waals surface area contributed by atoms with Gasteiger partial charge < -0.3 is 10.0 Å². The van der Waals surface area contributed by atoms with Crippen molar-refractivity contribution in [3.05, 3.63) is 22.5 Å². The molecule has 0 bridgehead atoms. The normalized spacial score (nSPS) is 17.1. The van der Waals surface area contributed by atoms with E-state index in [-0.39, 0.29) is 11.6 Å². The molecule has 0 saturated carbocycles. The summed E-state index contributed by atoms with van der Waals surface area (Å²) >= 11 is 0. The predicted molar refractivity (Wildman–Crippen MR) is 61.2 cm³/mol. The zero-order valence-electron chi connectivity index (χ0n) is 9.68. The van der Waals surface area contributed by atoms with Gasteiger partial charge in [0.15, 0.2) is 0 Å². The zero-order valence-corrected chi connectivity index (χ0v) is 9.68. The highest BCUT2D eigenvalue weighted by Crippen LogP contribution is 2.27. The Labute approximate surface area is 102 Å². The molecule has 2 heterocycles. The van der Waals surface area contributed by atoms with Crippen LogP contribution in [0.5, 0.6) is 0 Å². The molecule has 0 spiro atoms. The number of carboxylic acids is 1. The fraction of sp³-hybridized carbons (Fsp3) is 0.500. The Hall–Kier alpha value is -2.25. The number of carboxylic acid groups (broad SMARTS) is 1. The topological polar surface area (TPSA) is 109 Å². The highest BCUT2D eigenvalue weighted by Gasteiger charge is 2.35. The number of hydrogen-bond acceptors (Lipinski definition) is 6. The summed E-state index contributed by atoms with van der Waals surface area (Å²) in [6, 6.07) is 0. The quantitative estimate of drug-likeness (QED) is 0.615. The van der Waals surface area contributed by atoms with Crippen molar-refractivity contribution in [1.82, 2.24) is 9.97 Å². The van der Waals surface area contributed by atoms with E-state index >= 15 is 0 Å². The van der Waals surface area contributed by atoms with Gasteiger partial charge in [-0.05, 0) is 0 Å². The van der Waals surface area contributed by atoms with E-state index in [0.29, 0.717) is 19.0 Å². The highest BCUT2D eigenvalue weighted by molar-refractivity contribution is 5.70. The van der Waals surface area contributed by atoms with Crippen LogP contribution in [0.2, 0.25) is 0 Å². The minimum absolute atomic E-state index is 0.0706. The van der Waals surface area contributed by atoms with Crippen LogP contribution in [0.25, 0.3) is 0 Å². The summed E-state index contributed by atoms with van der Waals surface area (Å²) in [6.45, 7) is 2.79. The molecule has 8 heteroatoms.